The lowest BCUT2D eigenvalue weighted by Gasteiger charge is -2.07. The third-order valence-electron chi connectivity index (χ3n) is 3.33. The van der Waals surface area contributed by atoms with Gasteiger partial charge in [0.05, 0.1) is 6.20 Å². The maximum absolute atomic E-state index is 12.3. The number of H-pyrrole nitrogens is 1. The van der Waals surface area contributed by atoms with Crippen molar-refractivity contribution in [2.45, 2.75) is 11.5 Å². The molecule has 1 atom stereocenters. The summed E-state index contributed by atoms with van der Waals surface area (Å²) in [6.07, 6.45) is 1.36. The highest BCUT2D eigenvalue weighted by Crippen LogP contribution is 2.15. The number of anilines is 1. The first-order valence-electron chi connectivity index (χ1n) is 7.35. The van der Waals surface area contributed by atoms with Crippen LogP contribution in [-0.2, 0) is 22.3 Å². The minimum Gasteiger partial charge on any atom is -0.321 e. The van der Waals surface area contributed by atoms with Crippen molar-refractivity contribution in [1.29, 1.82) is 0 Å². The molecule has 0 unspecified atom stereocenters. The summed E-state index contributed by atoms with van der Waals surface area (Å²) < 4.78 is 12.3. The molecular formula is C17H16N4O2S. The smallest absolute Gasteiger partial charge is 0.277 e. The van der Waals surface area contributed by atoms with Crippen molar-refractivity contribution < 1.29 is 9.00 Å². The summed E-state index contributed by atoms with van der Waals surface area (Å²) in [6, 6.07) is 17.1. The van der Waals surface area contributed by atoms with Crippen LogP contribution in [0.15, 0.2) is 60.8 Å². The molecule has 1 amide bonds. The van der Waals surface area contributed by atoms with Crippen molar-refractivity contribution in [3.8, 4) is 0 Å². The second kappa shape index (κ2) is 7.65. The van der Waals surface area contributed by atoms with Crippen molar-refractivity contribution in [1.82, 2.24) is 15.4 Å². The molecule has 0 saturated carbocycles. The van der Waals surface area contributed by atoms with E-state index in [1.54, 1.807) is 6.07 Å². The van der Waals surface area contributed by atoms with E-state index in [1.807, 2.05) is 48.5 Å². The number of nitrogens with zero attached hydrogens (tertiary/aromatic N) is 2. The normalized spacial score (nSPS) is 11.8. The Hall–Kier alpha value is -2.80. The van der Waals surface area contributed by atoms with Gasteiger partial charge in [-0.1, -0.05) is 42.5 Å². The summed E-state index contributed by atoms with van der Waals surface area (Å²) >= 11 is 0. The fourth-order valence-electron chi connectivity index (χ4n) is 2.24. The van der Waals surface area contributed by atoms with Gasteiger partial charge in [-0.25, -0.2) is 0 Å². The lowest BCUT2D eigenvalue weighted by molar-refractivity contribution is 0.102. The predicted molar refractivity (Wildman–Crippen MR) is 92.8 cm³/mol. The molecule has 6 nitrogen and oxygen atoms in total. The van der Waals surface area contributed by atoms with E-state index in [0.29, 0.717) is 17.2 Å². The summed E-state index contributed by atoms with van der Waals surface area (Å²) in [5.41, 5.74) is 2.80. The van der Waals surface area contributed by atoms with Crippen molar-refractivity contribution in [2.24, 2.45) is 0 Å². The van der Waals surface area contributed by atoms with Crippen LogP contribution in [0, 0.1) is 0 Å². The van der Waals surface area contributed by atoms with E-state index in [2.05, 4.69) is 20.7 Å². The first kappa shape index (κ1) is 16.1. The van der Waals surface area contributed by atoms with Crippen LogP contribution < -0.4 is 5.32 Å². The van der Waals surface area contributed by atoms with E-state index in [1.165, 1.54) is 6.20 Å². The highest BCUT2D eigenvalue weighted by molar-refractivity contribution is 7.83. The zero-order valence-corrected chi connectivity index (χ0v) is 13.6. The Labute approximate surface area is 141 Å². The Morgan fingerprint density at radius 3 is 2.54 bits per heavy atom. The monoisotopic (exact) mass is 340 g/mol. The number of amides is 1. The zero-order chi connectivity index (χ0) is 16.8. The quantitative estimate of drug-likeness (QED) is 0.722. The van der Waals surface area contributed by atoms with Gasteiger partial charge in [0.25, 0.3) is 5.91 Å². The summed E-state index contributed by atoms with van der Waals surface area (Å²) in [5.74, 6) is 0.602. The molecule has 7 heteroatoms. The number of carbonyl (C=O) groups is 1. The summed E-state index contributed by atoms with van der Waals surface area (Å²) in [6.45, 7) is 0. The van der Waals surface area contributed by atoms with E-state index in [9.17, 15) is 9.00 Å². The molecule has 0 aliphatic carbocycles. The summed E-state index contributed by atoms with van der Waals surface area (Å²) in [7, 11) is -1.01. The van der Waals surface area contributed by atoms with Gasteiger partial charge in [-0.2, -0.15) is 15.4 Å². The van der Waals surface area contributed by atoms with Crippen LogP contribution in [0.25, 0.3) is 0 Å². The topological polar surface area (TPSA) is 87.7 Å². The van der Waals surface area contributed by atoms with E-state index in [0.717, 1.165) is 11.1 Å². The largest absolute Gasteiger partial charge is 0.321 e. The molecule has 1 aromatic heterocycles. The Balaban J connectivity index is 1.62. The van der Waals surface area contributed by atoms with E-state index >= 15 is 0 Å². The van der Waals surface area contributed by atoms with Gasteiger partial charge >= 0.3 is 0 Å². The van der Waals surface area contributed by atoms with Gasteiger partial charge in [-0.05, 0) is 23.3 Å². The molecule has 2 aromatic carbocycles. The first-order chi connectivity index (χ1) is 11.7. The number of hydrogen-bond acceptors (Lipinski definition) is 4. The molecule has 0 bridgehead atoms. The molecule has 3 aromatic rings. The SMILES string of the molecule is O=C(Nc1cccc(C[S@](=O)Cc2ccccc2)c1)c1cn[nH]n1. The van der Waals surface area contributed by atoms with Gasteiger partial charge in [0.15, 0.2) is 5.69 Å². The molecule has 1 heterocycles. The van der Waals surface area contributed by atoms with E-state index in [-0.39, 0.29) is 11.6 Å². The maximum Gasteiger partial charge on any atom is 0.277 e. The van der Waals surface area contributed by atoms with Gasteiger partial charge in [0.1, 0.15) is 0 Å². The van der Waals surface area contributed by atoms with Crippen molar-refractivity contribution >= 4 is 22.4 Å². The summed E-state index contributed by atoms with van der Waals surface area (Å²) in [5, 5.41) is 12.5. The number of carbonyl (C=O) groups excluding carboxylic acids is 1. The Morgan fingerprint density at radius 2 is 1.79 bits per heavy atom. The highest BCUT2D eigenvalue weighted by Gasteiger charge is 2.10. The molecule has 0 aliphatic heterocycles. The van der Waals surface area contributed by atoms with Gasteiger partial charge < -0.3 is 5.32 Å². The van der Waals surface area contributed by atoms with Gasteiger partial charge in [-0.3, -0.25) is 9.00 Å². The van der Waals surface area contributed by atoms with Crippen molar-refractivity contribution in [2.75, 3.05) is 5.32 Å². The van der Waals surface area contributed by atoms with Crippen LogP contribution in [-0.4, -0.2) is 25.5 Å². The van der Waals surface area contributed by atoms with Gasteiger partial charge in [-0.15, -0.1) is 0 Å². The molecule has 0 spiro atoms. The van der Waals surface area contributed by atoms with Crippen LogP contribution in [0.1, 0.15) is 21.6 Å². The minimum atomic E-state index is -1.01. The van der Waals surface area contributed by atoms with Crippen LogP contribution in [0.3, 0.4) is 0 Å². The van der Waals surface area contributed by atoms with Crippen LogP contribution in [0.5, 0.6) is 0 Å². The standard InChI is InChI=1S/C17H16N4O2S/c22-17(16-10-18-21-20-16)19-15-8-4-7-14(9-15)12-24(23)11-13-5-2-1-3-6-13/h1-10H,11-12H2,(H,19,22)(H,18,20,21)/t24-/m1/s1. The molecular weight excluding hydrogens is 324 g/mol. The fraction of sp³-hybridized carbons (Fsp3) is 0.118. The summed E-state index contributed by atoms with van der Waals surface area (Å²) in [4.78, 5) is 12.0. The lowest BCUT2D eigenvalue weighted by Crippen LogP contribution is -2.12. The molecule has 0 fully saturated rings. The minimum absolute atomic E-state index is 0.216. The number of hydrogen-bond donors (Lipinski definition) is 2. The maximum atomic E-state index is 12.3. The number of benzene rings is 2. The molecule has 2 N–H and O–H groups in total. The van der Waals surface area contributed by atoms with E-state index < -0.39 is 10.8 Å². The van der Waals surface area contributed by atoms with Crippen LogP contribution in [0.4, 0.5) is 5.69 Å². The number of aromatic nitrogens is 3. The lowest BCUT2D eigenvalue weighted by atomic mass is 10.2. The second-order valence-corrected chi connectivity index (χ2v) is 6.68. The van der Waals surface area contributed by atoms with Gasteiger partial charge in [0.2, 0.25) is 0 Å². The molecule has 122 valence electrons. The molecule has 3 rings (SSSR count). The molecule has 0 saturated heterocycles. The second-order valence-electron chi connectivity index (χ2n) is 5.22. The zero-order valence-electron chi connectivity index (χ0n) is 12.8. The Morgan fingerprint density at radius 1 is 1.04 bits per heavy atom. The fourth-order valence-corrected chi connectivity index (χ4v) is 3.46. The van der Waals surface area contributed by atoms with Crippen molar-refractivity contribution in [3.63, 3.8) is 0 Å². The average Bonchev–Trinajstić information content (AvgIpc) is 3.10. The van der Waals surface area contributed by atoms with Crippen LogP contribution >= 0.6 is 0 Å². The number of rotatable bonds is 6. The Bertz CT molecular complexity index is 835. The molecule has 0 aliphatic rings. The average molecular weight is 340 g/mol. The van der Waals surface area contributed by atoms with E-state index in [4.69, 9.17) is 0 Å². The third-order valence-corrected chi connectivity index (χ3v) is 4.64. The number of nitrogens with one attached hydrogen (secondary N) is 2. The predicted octanol–water partition coefficient (Wildman–Crippen LogP) is 2.51. The third kappa shape index (κ3) is 4.36. The van der Waals surface area contributed by atoms with Gasteiger partial charge in [0, 0.05) is 28.0 Å². The molecule has 24 heavy (non-hydrogen) atoms. The molecule has 0 radical (unpaired) electrons. The van der Waals surface area contributed by atoms with Crippen LogP contribution in [0.2, 0.25) is 0 Å². The first-order valence-corrected chi connectivity index (χ1v) is 8.84. The van der Waals surface area contributed by atoms with Crippen molar-refractivity contribution in [3.05, 3.63) is 77.6 Å². The number of aromatic amines is 1. The Kier molecular flexibility index (Phi) is 5.12. The highest BCUT2D eigenvalue weighted by atomic mass is 32.2.